The molecule has 4 heterocycles. The van der Waals surface area contributed by atoms with Gasteiger partial charge in [-0.05, 0) is 257 Å². The summed E-state index contributed by atoms with van der Waals surface area (Å²) in [6.45, 7) is 23.4. The molecule has 16 rings (SSSR count). The van der Waals surface area contributed by atoms with E-state index >= 15 is 0 Å². The van der Waals surface area contributed by atoms with Crippen LogP contribution in [0.5, 0.6) is 0 Å². The Kier molecular flexibility index (Phi) is 24.8. The third-order valence-corrected chi connectivity index (χ3v) is 23.2. The molecule has 24 unspecified atom stereocenters. The van der Waals surface area contributed by atoms with Crippen LogP contribution in [0.3, 0.4) is 0 Å². The largest absolute Gasteiger partial charge is 0.466 e. The van der Waals surface area contributed by atoms with E-state index < -0.39 is 0 Å². The summed E-state index contributed by atoms with van der Waals surface area (Å²) in [5.74, 6) is 16.1. The minimum atomic E-state index is -0.364. The van der Waals surface area contributed by atoms with Crippen LogP contribution >= 0.6 is 0 Å². The second-order valence-electron chi connectivity index (χ2n) is 28.9. The number of hydrogen-bond acceptors (Lipinski definition) is 15. The number of carbonyl (C=O) groups excluding carboxylic acids is 4. The molecule has 0 radical (unpaired) electrons. The number of epoxide rings is 4. The van der Waals surface area contributed by atoms with E-state index in [1.807, 2.05) is 0 Å². The molecule has 0 aromatic heterocycles. The quantitative estimate of drug-likeness (QED) is 0.0391. The van der Waals surface area contributed by atoms with Crippen LogP contribution in [0.4, 0.5) is 0 Å². The third kappa shape index (κ3) is 17.4. The maximum Gasteiger partial charge on any atom is 0.333 e. The number of fused-ring (bicyclic) bond motifs is 28. The van der Waals surface area contributed by atoms with Gasteiger partial charge < -0.3 is 52.1 Å². The Morgan fingerprint density at radius 1 is 0.322 bits per heavy atom. The van der Waals surface area contributed by atoms with Gasteiger partial charge >= 0.3 is 23.9 Å². The van der Waals surface area contributed by atoms with Crippen molar-refractivity contribution in [2.24, 2.45) is 94.7 Å². The number of methoxy groups -OCH3 is 4. The Bertz CT molecular complexity index is 2170. The van der Waals surface area contributed by atoms with E-state index in [1.54, 1.807) is 100 Å². The highest BCUT2D eigenvalue weighted by atomic mass is 16.6. The maximum absolute atomic E-state index is 10.9. The van der Waals surface area contributed by atoms with Gasteiger partial charge in [0.2, 0.25) is 0 Å². The van der Waals surface area contributed by atoms with Gasteiger partial charge in [0.05, 0.1) is 75.8 Å². The summed E-state index contributed by atoms with van der Waals surface area (Å²) in [5.41, 5.74) is 1.75. The SMILES string of the molecule is C1CC2CC1C1CC3OC3C21.C1CC2CC1C1CC3OC3C21.C1CC2CC1C1CC3OC3C21.C1CC2CC1C1CC3OC3C21.C=C(C)C(=O)OC.C=C(C)C(=O)OCCCCCCOC.C=C(C)C(=O)OCCCCOC.C=C(C)C(=O)OCCOC. The Morgan fingerprint density at radius 2 is 0.575 bits per heavy atom. The fourth-order valence-electron chi connectivity index (χ4n) is 19.2. The number of rotatable bonds is 19. The van der Waals surface area contributed by atoms with Crippen molar-refractivity contribution in [3.63, 3.8) is 0 Å². The van der Waals surface area contributed by atoms with Gasteiger partial charge in [-0.1, -0.05) is 32.7 Å². The molecule has 4 saturated heterocycles. The molecule has 12 saturated carbocycles. The van der Waals surface area contributed by atoms with E-state index in [2.05, 4.69) is 40.5 Å². The van der Waals surface area contributed by atoms with E-state index in [-0.39, 0.29) is 23.9 Å². The molecule has 24 atom stereocenters. The summed E-state index contributed by atoms with van der Waals surface area (Å²) >= 11 is 0. The fourth-order valence-corrected chi connectivity index (χ4v) is 19.2. The Labute approximate surface area is 522 Å². The van der Waals surface area contributed by atoms with Gasteiger partial charge in [-0.3, -0.25) is 0 Å². The van der Waals surface area contributed by atoms with Crippen molar-refractivity contribution in [3.05, 3.63) is 48.6 Å². The molecule has 8 bridgehead atoms. The van der Waals surface area contributed by atoms with Gasteiger partial charge in [0.1, 0.15) is 6.61 Å². The molecule has 4 aliphatic heterocycles. The Balaban J connectivity index is 0.000000119. The summed E-state index contributed by atoms with van der Waals surface area (Å²) < 4.78 is 55.7. The molecular formula is C72H112O15. The van der Waals surface area contributed by atoms with Crippen LogP contribution in [0.1, 0.15) is 169 Å². The molecule has 15 nitrogen and oxygen atoms in total. The first-order chi connectivity index (χ1) is 42.0. The number of ether oxygens (including phenoxy) is 11. The lowest BCUT2D eigenvalue weighted by atomic mass is 9.81. The number of carbonyl (C=O) groups is 4. The topological polar surface area (TPSA) is 183 Å². The van der Waals surface area contributed by atoms with Gasteiger partial charge in [0.15, 0.2) is 0 Å². The van der Waals surface area contributed by atoms with Gasteiger partial charge in [0, 0.05) is 56.8 Å². The molecule has 490 valence electrons. The van der Waals surface area contributed by atoms with Gasteiger partial charge in [-0.25, -0.2) is 19.2 Å². The summed E-state index contributed by atoms with van der Waals surface area (Å²) in [6, 6.07) is 0. The Hall–Kier alpha value is -3.44. The van der Waals surface area contributed by atoms with Crippen LogP contribution in [0.25, 0.3) is 0 Å². The maximum atomic E-state index is 10.9. The van der Waals surface area contributed by atoms with E-state index in [0.717, 1.165) is 189 Å². The molecule has 0 amide bonds. The summed E-state index contributed by atoms with van der Waals surface area (Å²) in [7, 11) is 6.24. The molecule has 12 aliphatic carbocycles. The van der Waals surface area contributed by atoms with Crippen molar-refractivity contribution < 1.29 is 71.3 Å². The van der Waals surface area contributed by atoms with E-state index in [1.165, 1.54) is 58.5 Å². The van der Waals surface area contributed by atoms with Crippen LogP contribution in [0.2, 0.25) is 0 Å². The lowest BCUT2D eigenvalue weighted by Gasteiger charge is -2.25. The van der Waals surface area contributed by atoms with Crippen LogP contribution in [-0.4, -0.2) is 141 Å². The highest BCUT2D eigenvalue weighted by Crippen LogP contribution is 2.67. The third-order valence-electron chi connectivity index (χ3n) is 23.2. The van der Waals surface area contributed by atoms with Crippen molar-refractivity contribution in [2.75, 3.05) is 68.1 Å². The molecule has 0 spiro atoms. The van der Waals surface area contributed by atoms with Crippen molar-refractivity contribution in [2.45, 2.75) is 218 Å². The van der Waals surface area contributed by atoms with Gasteiger partial charge in [-0.2, -0.15) is 0 Å². The zero-order valence-corrected chi connectivity index (χ0v) is 54.6. The molecule has 15 heteroatoms. The molecule has 0 aromatic carbocycles. The highest BCUT2D eigenvalue weighted by Gasteiger charge is 2.67. The van der Waals surface area contributed by atoms with E-state index in [9.17, 15) is 19.2 Å². The average molecular weight is 1220 g/mol. The lowest BCUT2D eigenvalue weighted by molar-refractivity contribution is -0.140. The normalized spacial score (nSPS) is 39.9. The zero-order valence-electron chi connectivity index (χ0n) is 54.6. The van der Waals surface area contributed by atoms with Crippen molar-refractivity contribution >= 4 is 23.9 Å². The van der Waals surface area contributed by atoms with Crippen molar-refractivity contribution in [1.29, 1.82) is 0 Å². The summed E-state index contributed by atoms with van der Waals surface area (Å²) in [4.78, 5) is 42.6. The zero-order chi connectivity index (χ0) is 62.1. The summed E-state index contributed by atoms with van der Waals surface area (Å²) in [5, 5.41) is 0. The van der Waals surface area contributed by atoms with Crippen LogP contribution in [0, 0.1) is 94.7 Å². The number of esters is 4. The average Bonchev–Trinajstić information content (AvgIpc) is 1.60. The van der Waals surface area contributed by atoms with Crippen molar-refractivity contribution in [3.8, 4) is 0 Å². The summed E-state index contributed by atoms with van der Waals surface area (Å²) in [6.07, 6.45) is 36.1. The molecule has 0 N–H and O–H groups in total. The van der Waals surface area contributed by atoms with E-state index in [4.69, 9.17) is 37.9 Å². The van der Waals surface area contributed by atoms with Gasteiger partial charge in [-0.15, -0.1) is 0 Å². The minimum Gasteiger partial charge on any atom is -0.466 e. The van der Waals surface area contributed by atoms with E-state index in [0.29, 0.717) is 55.3 Å². The monoisotopic (exact) mass is 1220 g/mol. The molecule has 16 aliphatic rings. The fraction of sp³-hybridized carbons (Fsp3) is 0.833. The molecule has 16 fully saturated rings. The predicted octanol–water partition coefficient (Wildman–Crippen LogP) is 12.6. The number of unbranched alkanes of at least 4 members (excludes halogenated alkanes) is 4. The number of hydrogen-bond donors (Lipinski definition) is 0. The predicted molar refractivity (Wildman–Crippen MR) is 332 cm³/mol. The molecule has 0 aromatic rings. The molecule has 87 heavy (non-hydrogen) atoms. The first-order valence-electron chi connectivity index (χ1n) is 34.3. The highest BCUT2D eigenvalue weighted by molar-refractivity contribution is 5.88. The van der Waals surface area contributed by atoms with Gasteiger partial charge in [0.25, 0.3) is 0 Å². The van der Waals surface area contributed by atoms with Crippen LogP contribution < -0.4 is 0 Å². The van der Waals surface area contributed by atoms with Crippen LogP contribution in [0.15, 0.2) is 48.6 Å². The Morgan fingerprint density at radius 3 is 0.828 bits per heavy atom. The second kappa shape index (κ2) is 31.7. The minimum absolute atomic E-state index is 0.290. The lowest BCUT2D eigenvalue weighted by Crippen LogP contribution is -2.22. The van der Waals surface area contributed by atoms with Crippen molar-refractivity contribution in [1.82, 2.24) is 0 Å². The first-order valence-corrected chi connectivity index (χ1v) is 34.3. The second-order valence-corrected chi connectivity index (χ2v) is 28.9. The molecular weight excluding hydrogens is 1100 g/mol. The van der Waals surface area contributed by atoms with Crippen LogP contribution in [-0.2, 0) is 71.3 Å². The first kappa shape index (κ1) is 67.9. The standard InChI is InChI=1S/C11H20O3.4C10H14O.C9H16O3.C7H12O3.C5H8O2/c1-10(2)11(12)14-9-7-5-4-6-8-13-3;4*1-2-6-3-5(1)7-4-8-10(11-8)9(6)7;1-8(2)9(10)12-7-5-4-6-11-3;1-6(2)7(8)10-5-4-9-3;1-4(2)5(6)7-3/h1,4-9H2,2-3H3;4*5-10H,1-4H2;1,4-7H2,2-3H3;1,4-5H2,2-3H3;1H2,2-3H3. The smallest absolute Gasteiger partial charge is 0.333 e.